The normalized spacial score (nSPS) is 35.3. The zero-order chi connectivity index (χ0) is 12.4. The van der Waals surface area contributed by atoms with Crippen molar-refractivity contribution in [3.63, 3.8) is 0 Å². The quantitative estimate of drug-likeness (QED) is 0.810. The molecule has 100 valence electrons. The fourth-order valence-corrected chi connectivity index (χ4v) is 3.80. The van der Waals surface area contributed by atoms with Crippen LogP contribution in [-0.4, -0.2) is 36.6 Å². The monoisotopic (exact) mass is 238 g/mol. The second kappa shape index (κ2) is 5.71. The minimum Gasteiger partial charge on any atom is -0.314 e. The molecule has 17 heavy (non-hydrogen) atoms. The van der Waals surface area contributed by atoms with Gasteiger partial charge < -0.3 is 5.32 Å². The van der Waals surface area contributed by atoms with E-state index in [2.05, 4.69) is 37.9 Å². The zero-order valence-electron chi connectivity index (χ0n) is 12.1. The Labute approximate surface area is 107 Å². The van der Waals surface area contributed by atoms with E-state index in [4.69, 9.17) is 0 Å². The van der Waals surface area contributed by atoms with Crippen molar-refractivity contribution in [2.45, 2.75) is 59.0 Å². The van der Waals surface area contributed by atoms with Gasteiger partial charge in [0.2, 0.25) is 0 Å². The molecule has 0 radical (unpaired) electrons. The Balaban J connectivity index is 2.06. The summed E-state index contributed by atoms with van der Waals surface area (Å²) in [7, 11) is 0. The van der Waals surface area contributed by atoms with Crippen molar-refractivity contribution in [2.24, 2.45) is 17.8 Å². The van der Waals surface area contributed by atoms with Crippen LogP contribution in [0.1, 0.15) is 47.0 Å². The molecule has 1 heterocycles. The summed E-state index contributed by atoms with van der Waals surface area (Å²) < 4.78 is 0. The van der Waals surface area contributed by atoms with Crippen LogP contribution < -0.4 is 5.32 Å². The second-order valence-electron chi connectivity index (χ2n) is 6.54. The molecule has 0 aromatic rings. The van der Waals surface area contributed by atoms with E-state index in [1.165, 1.54) is 38.9 Å². The van der Waals surface area contributed by atoms with E-state index in [1.807, 2.05) is 0 Å². The maximum Gasteiger partial charge on any atom is 0.0348 e. The van der Waals surface area contributed by atoms with E-state index < -0.39 is 0 Å². The fraction of sp³-hybridized carbons (Fsp3) is 1.00. The van der Waals surface area contributed by atoms with Gasteiger partial charge in [-0.15, -0.1) is 0 Å². The van der Waals surface area contributed by atoms with Crippen molar-refractivity contribution in [3.8, 4) is 0 Å². The average molecular weight is 238 g/mol. The summed E-state index contributed by atoms with van der Waals surface area (Å²) in [6, 6.07) is 1.66. The van der Waals surface area contributed by atoms with E-state index in [1.54, 1.807) is 0 Å². The van der Waals surface area contributed by atoms with Gasteiger partial charge in [-0.3, -0.25) is 4.90 Å². The predicted octanol–water partition coefficient (Wildman–Crippen LogP) is 2.74. The summed E-state index contributed by atoms with van der Waals surface area (Å²) >= 11 is 0. The molecule has 0 bridgehead atoms. The highest BCUT2D eigenvalue weighted by Crippen LogP contribution is 2.37. The number of nitrogens with zero attached hydrogens (tertiary/aromatic N) is 1. The Hall–Kier alpha value is -0.0800. The van der Waals surface area contributed by atoms with Gasteiger partial charge in [0, 0.05) is 25.2 Å². The van der Waals surface area contributed by atoms with E-state index >= 15 is 0 Å². The topological polar surface area (TPSA) is 15.3 Å². The van der Waals surface area contributed by atoms with Gasteiger partial charge in [0.1, 0.15) is 0 Å². The van der Waals surface area contributed by atoms with Crippen molar-refractivity contribution < 1.29 is 0 Å². The first kappa shape index (κ1) is 13.4. The lowest BCUT2D eigenvalue weighted by Crippen LogP contribution is -2.62. The molecular formula is C15H30N2. The van der Waals surface area contributed by atoms with Crippen molar-refractivity contribution in [1.29, 1.82) is 0 Å². The van der Waals surface area contributed by atoms with Crippen LogP contribution in [0.4, 0.5) is 0 Å². The fourth-order valence-electron chi connectivity index (χ4n) is 3.80. The highest BCUT2D eigenvalue weighted by molar-refractivity contribution is 4.93. The van der Waals surface area contributed by atoms with E-state index in [0.29, 0.717) is 0 Å². The Morgan fingerprint density at radius 1 is 1.24 bits per heavy atom. The van der Waals surface area contributed by atoms with Gasteiger partial charge in [-0.1, -0.05) is 34.1 Å². The Morgan fingerprint density at radius 3 is 2.41 bits per heavy atom. The maximum absolute atomic E-state index is 3.43. The first-order chi connectivity index (χ1) is 8.13. The van der Waals surface area contributed by atoms with Gasteiger partial charge in [0.15, 0.2) is 0 Å². The van der Waals surface area contributed by atoms with E-state index in [0.717, 1.165) is 29.8 Å². The highest BCUT2D eigenvalue weighted by Gasteiger charge is 2.38. The van der Waals surface area contributed by atoms with Gasteiger partial charge in [0.25, 0.3) is 0 Å². The third-order valence-corrected chi connectivity index (χ3v) is 5.01. The molecule has 2 heteroatoms. The van der Waals surface area contributed by atoms with Crippen molar-refractivity contribution in [1.82, 2.24) is 10.2 Å². The van der Waals surface area contributed by atoms with Gasteiger partial charge in [-0.05, 0) is 37.1 Å². The van der Waals surface area contributed by atoms with Crippen molar-refractivity contribution in [2.75, 3.05) is 19.6 Å². The third kappa shape index (κ3) is 2.85. The van der Waals surface area contributed by atoms with Crippen LogP contribution in [0, 0.1) is 17.8 Å². The van der Waals surface area contributed by atoms with Gasteiger partial charge >= 0.3 is 0 Å². The Morgan fingerprint density at radius 2 is 1.94 bits per heavy atom. The summed E-state index contributed by atoms with van der Waals surface area (Å²) in [5, 5.41) is 3.43. The molecule has 2 nitrogen and oxygen atoms in total. The van der Waals surface area contributed by atoms with Crippen LogP contribution in [0.3, 0.4) is 0 Å². The zero-order valence-corrected chi connectivity index (χ0v) is 12.1. The molecule has 2 aliphatic rings. The number of nitrogens with one attached hydrogen (secondary N) is 1. The lowest BCUT2D eigenvalue weighted by atomic mass is 9.73. The van der Waals surface area contributed by atoms with Gasteiger partial charge in [0.05, 0.1) is 0 Å². The smallest absolute Gasteiger partial charge is 0.0348 e. The molecule has 1 aliphatic carbocycles. The molecule has 0 aromatic heterocycles. The molecule has 0 amide bonds. The highest BCUT2D eigenvalue weighted by atomic mass is 15.3. The molecule has 0 spiro atoms. The average Bonchev–Trinajstić information content (AvgIpc) is 2.22. The number of hydrogen-bond acceptors (Lipinski definition) is 2. The second-order valence-corrected chi connectivity index (χ2v) is 6.54. The Bertz CT molecular complexity index is 235. The van der Waals surface area contributed by atoms with Gasteiger partial charge in [-0.2, -0.15) is 0 Å². The number of likely N-dealkylation sites (N-methyl/N-ethyl adjacent to an activating group) is 1. The standard InChI is InChI=1S/C15H30N2/c1-5-17(13-9-16-10-13)15-8-12(4)6-7-14(15)11(2)3/h11-16H,5-10H2,1-4H3. The van der Waals surface area contributed by atoms with Crippen LogP contribution in [0.2, 0.25) is 0 Å². The minimum atomic E-state index is 0.816. The molecule has 2 rings (SSSR count). The molecule has 1 aliphatic heterocycles. The first-order valence-electron chi connectivity index (χ1n) is 7.60. The van der Waals surface area contributed by atoms with E-state index in [-0.39, 0.29) is 0 Å². The van der Waals surface area contributed by atoms with Crippen LogP contribution in [0.5, 0.6) is 0 Å². The predicted molar refractivity (Wildman–Crippen MR) is 74.2 cm³/mol. The van der Waals surface area contributed by atoms with Crippen LogP contribution >= 0.6 is 0 Å². The van der Waals surface area contributed by atoms with Crippen LogP contribution in [0.25, 0.3) is 0 Å². The molecule has 1 saturated carbocycles. The summed E-state index contributed by atoms with van der Waals surface area (Å²) in [5.41, 5.74) is 0. The molecule has 3 atom stereocenters. The van der Waals surface area contributed by atoms with Crippen LogP contribution in [0.15, 0.2) is 0 Å². The van der Waals surface area contributed by atoms with Gasteiger partial charge in [-0.25, -0.2) is 0 Å². The van der Waals surface area contributed by atoms with E-state index in [9.17, 15) is 0 Å². The summed E-state index contributed by atoms with van der Waals surface area (Å²) in [6.07, 6.45) is 4.31. The summed E-state index contributed by atoms with van der Waals surface area (Å²) in [4.78, 5) is 2.80. The lowest BCUT2D eigenvalue weighted by Gasteiger charge is -2.49. The third-order valence-electron chi connectivity index (χ3n) is 5.01. The van der Waals surface area contributed by atoms with Crippen molar-refractivity contribution in [3.05, 3.63) is 0 Å². The largest absolute Gasteiger partial charge is 0.314 e. The number of rotatable bonds is 4. The maximum atomic E-state index is 3.43. The summed E-state index contributed by atoms with van der Waals surface area (Å²) in [6.45, 7) is 13.3. The minimum absolute atomic E-state index is 0.816. The summed E-state index contributed by atoms with van der Waals surface area (Å²) in [5.74, 6) is 2.69. The molecule has 1 N–H and O–H groups in total. The lowest BCUT2D eigenvalue weighted by molar-refractivity contribution is 0.0157. The molecular weight excluding hydrogens is 208 g/mol. The van der Waals surface area contributed by atoms with Crippen LogP contribution in [-0.2, 0) is 0 Å². The number of hydrogen-bond donors (Lipinski definition) is 1. The molecule has 2 fully saturated rings. The molecule has 3 unspecified atom stereocenters. The first-order valence-corrected chi connectivity index (χ1v) is 7.60. The molecule has 1 saturated heterocycles. The van der Waals surface area contributed by atoms with Crippen molar-refractivity contribution >= 4 is 0 Å². The Kier molecular flexibility index (Phi) is 4.48. The SMILES string of the molecule is CCN(C1CNC1)C1CC(C)CCC1C(C)C. The molecule has 0 aromatic carbocycles.